The van der Waals surface area contributed by atoms with Crippen LogP contribution in [-0.2, 0) is 24.8 Å². The highest BCUT2D eigenvalue weighted by atomic mass is 32.2. The fourth-order valence-corrected chi connectivity index (χ4v) is 4.98. The van der Waals surface area contributed by atoms with Gasteiger partial charge in [-0.05, 0) is 57.4 Å². The molecule has 1 aliphatic rings. The van der Waals surface area contributed by atoms with Crippen LogP contribution in [0.1, 0.15) is 39.5 Å². The Morgan fingerprint density at radius 3 is 2.41 bits per heavy atom. The van der Waals surface area contributed by atoms with Gasteiger partial charge >= 0.3 is 0 Å². The van der Waals surface area contributed by atoms with Crippen molar-refractivity contribution in [3.05, 3.63) is 24.3 Å². The Labute approximate surface area is 161 Å². The van der Waals surface area contributed by atoms with Crippen LogP contribution in [-0.4, -0.2) is 46.8 Å². The van der Waals surface area contributed by atoms with E-state index in [1.807, 2.05) is 0 Å². The third-order valence-corrected chi connectivity index (χ3v) is 8.01. The van der Waals surface area contributed by atoms with Gasteiger partial charge in [-0.2, -0.15) is 0 Å². The quantitative estimate of drug-likeness (QED) is 0.594. The van der Waals surface area contributed by atoms with E-state index >= 15 is 0 Å². The van der Waals surface area contributed by atoms with Gasteiger partial charge in [0, 0.05) is 25.2 Å². The summed E-state index contributed by atoms with van der Waals surface area (Å²) in [6.07, 6.45) is 2.04. The van der Waals surface area contributed by atoms with Gasteiger partial charge in [0.2, 0.25) is 26.0 Å². The summed E-state index contributed by atoms with van der Waals surface area (Å²) in [5.74, 6) is 0.00184. The first-order chi connectivity index (χ1) is 12.6. The first-order valence-electron chi connectivity index (χ1n) is 9.00. The van der Waals surface area contributed by atoms with Crippen LogP contribution in [0.5, 0.6) is 0 Å². The van der Waals surface area contributed by atoms with Gasteiger partial charge in [-0.1, -0.05) is 0 Å². The average molecular weight is 418 g/mol. The number of hydrogen-bond acceptors (Lipinski definition) is 5. The van der Waals surface area contributed by atoms with Crippen molar-refractivity contribution in [3.8, 4) is 0 Å². The lowest BCUT2D eigenvalue weighted by Gasteiger charge is -2.17. The molecule has 8 nitrogen and oxygen atoms in total. The van der Waals surface area contributed by atoms with E-state index in [1.54, 1.807) is 38.1 Å². The fourth-order valence-electron chi connectivity index (χ4n) is 2.66. The number of sulfonamides is 2. The van der Waals surface area contributed by atoms with Crippen LogP contribution in [0.25, 0.3) is 0 Å². The zero-order chi connectivity index (χ0) is 20.1. The summed E-state index contributed by atoms with van der Waals surface area (Å²) in [5.41, 5.74) is 1.20. The topological polar surface area (TPSA) is 113 Å². The molecule has 0 aliphatic carbocycles. The van der Waals surface area contributed by atoms with E-state index in [4.69, 9.17) is 0 Å². The molecule has 2 N–H and O–H groups in total. The van der Waals surface area contributed by atoms with Crippen LogP contribution in [0.3, 0.4) is 0 Å². The van der Waals surface area contributed by atoms with E-state index in [9.17, 15) is 21.6 Å². The van der Waals surface area contributed by atoms with Crippen molar-refractivity contribution >= 4 is 37.3 Å². The standard InChI is InChI=1S/C17H27N3O5S2/c1-14(2)27(24,25)18-11-4-3-6-17(21)19-15-7-9-16(10-8-15)20-12-5-13-26(20,22)23/h7-10,14,18H,3-6,11-13H2,1-2H3,(H,19,21). The van der Waals surface area contributed by atoms with Gasteiger partial charge in [0.25, 0.3) is 0 Å². The molecule has 1 amide bonds. The lowest BCUT2D eigenvalue weighted by molar-refractivity contribution is -0.116. The van der Waals surface area contributed by atoms with Crippen molar-refractivity contribution in [1.82, 2.24) is 4.72 Å². The lowest BCUT2D eigenvalue weighted by atomic mass is 10.2. The maximum absolute atomic E-state index is 12.0. The summed E-state index contributed by atoms with van der Waals surface area (Å²) in [5, 5.41) is 2.29. The molecule has 1 fully saturated rings. The summed E-state index contributed by atoms with van der Waals surface area (Å²) in [7, 11) is -6.48. The van der Waals surface area contributed by atoms with Crippen LogP contribution in [0, 0.1) is 0 Å². The zero-order valence-corrected chi connectivity index (χ0v) is 17.3. The SMILES string of the molecule is CC(C)S(=O)(=O)NCCCCC(=O)Nc1ccc(N2CCCS2(=O)=O)cc1. The lowest BCUT2D eigenvalue weighted by Crippen LogP contribution is -2.31. The summed E-state index contributed by atoms with van der Waals surface area (Å²) in [6.45, 7) is 4.02. The van der Waals surface area contributed by atoms with E-state index in [2.05, 4.69) is 10.0 Å². The van der Waals surface area contributed by atoms with Gasteiger partial charge in [-0.15, -0.1) is 0 Å². The Kier molecular flexibility index (Phi) is 7.24. The first kappa shape index (κ1) is 21.6. The van der Waals surface area contributed by atoms with Gasteiger partial charge < -0.3 is 5.32 Å². The molecule has 1 saturated heterocycles. The highest BCUT2D eigenvalue weighted by molar-refractivity contribution is 7.93. The Morgan fingerprint density at radius 2 is 1.85 bits per heavy atom. The van der Waals surface area contributed by atoms with Gasteiger partial charge in [-0.3, -0.25) is 9.10 Å². The molecule has 1 aromatic carbocycles. The Bertz CT molecular complexity index is 849. The van der Waals surface area contributed by atoms with Crippen LogP contribution in [0.4, 0.5) is 11.4 Å². The Balaban J connectivity index is 1.75. The molecular weight excluding hydrogens is 390 g/mol. The summed E-state index contributed by atoms with van der Waals surface area (Å²) < 4.78 is 50.9. The molecular formula is C17H27N3O5S2. The Hall–Kier alpha value is -1.65. The molecule has 0 bridgehead atoms. The smallest absolute Gasteiger partial charge is 0.235 e. The zero-order valence-electron chi connectivity index (χ0n) is 15.6. The molecule has 0 saturated carbocycles. The number of carbonyl (C=O) groups is 1. The van der Waals surface area contributed by atoms with E-state index < -0.39 is 25.3 Å². The van der Waals surface area contributed by atoms with Crippen molar-refractivity contribution in [1.29, 1.82) is 0 Å². The van der Waals surface area contributed by atoms with Crippen molar-refractivity contribution in [2.45, 2.75) is 44.8 Å². The maximum Gasteiger partial charge on any atom is 0.235 e. The minimum atomic E-state index is -3.26. The number of hydrogen-bond donors (Lipinski definition) is 2. The van der Waals surface area contributed by atoms with Crippen LogP contribution >= 0.6 is 0 Å². The molecule has 152 valence electrons. The summed E-state index contributed by atoms with van der Waals surface area (Å²) in [4.78, 5) is 12.0. The van der Waals surface area contributed by atoms with Gasteiger partial charge in [-0.25, -0.2) is 21.6 Å². The largest absolute Gasteiger partial charge is 0.326 e. The maximum atomic E-state index is 12.0. The van der Waals surface area contributed by atoms with Crippen molar-refractivity contribution in [2.75, 3.05) is 28.5 Å². The molecule has 1 heterocycles. The molecule has 1 aliphatic heterocycles. The van der Waals surface area contributed by atoms with Gasteiger partial charge in [0.05, 0.1) is 16.7 Å². The number of rotatable bonds is 9. The normalized spacial score (nSPS) is 16.6. The van der Waals surface area contributed by atoms with Gasteiger partial charge in [0.15, 0.2) is 0 Å². The highest BCUT2D eigenvalue weighted by Crippen LogP contribution is 2.25. The number of benzene rings is 1. The minimum absolute atomic E-state index is 0.164. The second-order valence-electron chi connectivity index (χ2n) is 6.78. The van der Waals surface area contributed by atoms with Crippen LogP contribution in [0.2, 0.25) is 0 Å². The number of nitrogens with one attached hydrogen (secondary N) is 2. The molecule has 10 heteroatoms. The predicted molar refractivity (Wildman–Crippen MR) is 107 cm³/mol. The minimum Gasteiger partial charge on any atom is -0.326 e. The van der Waals surface area contributed by atoms with E-state index in [1.165, 1.54) is 4.31 Å². The molecule has 0 aromatic heterocycles. The predicted octanol–water partition coefficient (Wildman–Crippen LogP) is 1.66. The third kappa shape index (κ3) is 6.18. The third-order valence-electron chi connectivity index (χ3n) is 4.29. The molecule has 2 rings (SSSR count). The molecule has 0 radical (unpaired) electrons. The summed E-state index contributed by atoms with van der Waals surface area (Å²) in [6, 6.07) is 6.72. The van der Waals surface area contributed by atoms with Crippen molar-refractivity contribution in [2.24, 2.45) is 0 Å². The molecule has 0 unspecified atom stereocenters. The van der Waals surface area contributed by atoms with E-state index in [0.717, 1.165) is 0 Å². The first-order valence-corrected chi connectivity index (χ1v) is 12.2. The van der Waals surface area contributed by atoms with E-state index in [0.29, 0.717) is 43.7 Å². The summed E-state index contributed by atoms with van der Waals surface area (Å²) >= 11 is 0. The average Bonchev–Trinajstić information content (AvgIpc) is 2.94. The number of nitrogens with zero attached hydrogens (tertiary/aromatic N) is 1. The highest BCUT2D eigenvalue weighted by Gasteiger charge is 2.28. The van der Waals surface area contributed by atoms with Crippen molar-refractivity contribution in [3.63, 3.8) is 0 Å². The van der Waals surface area contributed by atoms with Crippen LogP contribution < -0.4 is 14.3 Å². The number of carbonyl (C=O) groups excluding carboxylic acids is 1. The van der Waals surface area contributed by atoms with Crippen LogP contribution in [0.15, 0.2) is 24.3 Å². The van der Waals surface area contributed by atoms with Crippen molar-refractivity contribution < 1.29 is 21.6 Å². The van der Waals surface area contributed by atoms with E-state index in [-0.39, 0.29) is 18.1 Å². The second-order valence-corrected chi connectivity index (χ2v) is 11.1. The number of unbranched alkanes of at least 4 members (excludes halogenated alkanes) is 1. The molecule has 27 heavy (non-hydrogen) atoms. The fraction of sp³-hybridized carbons (Fsp3) is 0.588. The van der Waals surface area contributed by atoms with Gasteiger partial charge in [0.1, 0.15) is 0 Å². The molecule has 1 aromatic rings. The number of anilines is 2. The Morgan fingerprint density at radius 1 is 1.19 bits per heavy atom. The second kappa shape index (κ2) is 9.03. The number of amides is 1. The molecule has 0 atom stereocenters. The monoisotopic (exact) mass is 417 g/mol. The molecule has 0 spiro atoms.